The summed E-state index contributed by atoms with van der Waals surface area (Å²) < 4.78 is 0. The molecule has 1 unspecified atom stereocenters. The van der Waals surface area contributed by atoms with Gasteiger partial charge < -0.3 is 5.11 Å². The molecule has 1 aliphatic heterocycles. The van der Waals surface area contributed by atoms with Gasteiger partial charge in [-0.3, -0.25) is 9.85 Å². The Hall–Kier alpha value is -1.10. The second-order valence-electron chi connectivity index (χ2n) is 3.44. The Labute approximate surface area is 83.0 Å². The van der Waals surface area contributed by atoms with Gasteiger partial charge in [0.1, 0.15) is 0 Å². The van der Waals surface area contributed by atoms with Gasteiger partial charge >= 0.3 is 0 Å². The molecule has 0 spiro atoms. The Balaban J connectivity index is 2.17. The van der Waals surface area contributed by atoms with E-state index < -0.39 is 0 Å². The topological polar surface area (TPSA) is 44.7 Å². The smallest absolute Gasteiger partial charge is 0.0961 e. The number of aryl methyl sites for hydroxylation is 1. The molecule has 4 heteroatoms. The third kappa shape index (κ3) is 1.72. The summed E-state index contributed by atoms with van der Waals surface area (Å²) in [4.78, 5) is 5.06. The molecule has 1 aromatic rings. The number of anilines is 1. The number of aliphatic hydroxyl groups excluding tert-OH is 1. The van der Waals surface area contributed by atoms with E-state index in [0.29, 0.717) is 6.61 Å². The van der Waals surface area contributed by atoms with Gasteiger partial charge in [-0.05, 0) is 19.1 Å². The van der Waals surface area contributed by atoms with Crippen LogP contribution in [0, 0.1) is 6.92 Å². The van der Waals surface area contributed by atoms with Crippen LogP contribution >= 0.6 is 0 Å². The summed E-state index contributed by atoms with van der Waals surface area (Å²) in [6.07, 6.45) is 0. The van der Waals surface area contributed by atoms with E-state index in [0.717, 1.165) is 5.69 Å². The average molecular weight is 194 g/mol. The molecule has 14 heavy (non-hydrogen) atoms. The predicted molar refractivity (Wildman–Crippen MR) is 53.6 cm³/mol. The zero-order valence-corrected chi connectivity index (χ0v) is 8.10. The number of hydrazine groups is 1. The van der Waals surface area contributed by atoms with Gasteiger partial charge in [0.15, 0.2) is 0 Å². The summed E-state index contributed by atoms with van der Waals surface area (Å²) in [5, 5.41) is 10.9. The van der Waals surface area contributed by atoms with Crippen LogP contribution in [0.25, 0.3) is 0 Å². The first-order chi connectivity index (χ1) is 6.81. The normalized spacial score (nSPS) is 21.6. The maximum Gasteiger partial charge on any atom is 0.0961 e. The largest absolute Gasteiger partial charge is 0.394 e. The van der Waals surface area contributed by atoms with Crippen LogP contribution in [0.5, 0.6) is 0 Å². The third-order valence-corrected chi connectivity index (χ3v) is 2.33. The molecule has 0 bridgehead atoms. The van der Waals surface area contributed by atoms with Crippen molar-refractivity contribution in [1.82, 2.24) is 5.59 Å². The summed E-state index contributed by atoms with van der Waals surface area (Å²) in [5.41, 5.74) is 4.99. The Kier molecular flexibility index (Phi) is 2.67. The molecule has 4 nitrogen and oxygen atoms in total. The molecule has 0 amide bonds. The van der Waals surface area contributed by atoms with Gasteiger partial charge in [-0.1, -0.05) is 17.7 Å². The highest BCUT2D eigenvalue weighted by Crippen LogP contribution is 2.18. The number of rotatable bonds is 2. The van der Waals surface area contributed by atoms with Crippen LogP contribution in [-0.2, 0) is 4.84 Å². The van der Waals surface area contributed by atoms with E-state index in [4.69, 9.17) is 9.94 Å². The molecular formula is C10H14N2O2. The van der Waals surface area contributed by atoms with Crippen molar-refractivity contribution in [2.24, 2.45) is 0 Å². The molecule has 76 valence electrons. The van der Waals surface area contributed by atoms with Gasteiger partial charge in [0.2, 0.25) is 0 Å². The SMILES string of the molecule is Cc1ccc(N2NOCC2CO)cc1. The molecule has 2 N–H and O–H groups in total. The van der Waals surface area contributed by atoms with Crippen molar-refractivity contribution >= 4 is 5.69 Å². The van der Waals surface area contributed by atoms with Crippen molar-refractivity contribution in [3.05, 3.63) is 29.8 Å². The van der Waals surface area contributed by atoms with Gasteiger partial charge in [-0.25, -0.2) is 0 Å². The molecule has 0 aromatic heterocycles. The summed E-state index contributed by atoms with van der Waals surface area (Å²) in [6.45, 7) is 2.63. The summed E-state index contributed by atoms with van der Waals surface area (Å²) >= 11 is 0. The number of nitrogens with one attached hydrogen (secondary N) is 1. The molecule has 1 atom stereocenters. The van der Waals surface area contributed by atoms with Crippen LogP contribution in [0.4, 0.5) is 5.69 Å². The van der Waals surface area contributed by atoms with E-state index in [2.05, 4.69) is 5.59 Å². The average Bonchev–Trinajstić information content (AvgIpc) is 2.67. The standard InChI is InChI=1S/C10H14N2O2/c1-8-2-4-9(5-3-8)12-10(6-13)7-14-11-12/h2-5,10-11,13H,6-7H2,1H3. The zero-order valence-electron chi connectivity index (χ0n) is 8.10. The molecular weight excluding hydrogens is 180 g/mol. The first-order valence-electron chi connectivity index (χ1n) is 4.65. The maximum absolute atomic E-state index is 9.09. The van der Waals surface area contributed by atoms with Crippen LogP contribution in [0.15, 0.2) is 24.3 Å². The Morgan fingerprint density at radius 1 is 1.50 bits per heavy atom. The fourth-order valence-corrected chi connectivity index (χ4v) is 1.46. The Bertz CT molecular complexity index is 299. The molecule has 2 rings (SSSR count). The zero-order chi connectivity index (χ0) is 9.97. The van der Waals surface area contributed by atoms with Crippen molar-refractivity contribution < 1.29 is 9.94 Å². The maximum atomic E-state index is 9.09. The summed E-state index contributed by atoms with van der Waals surface area (Å²) in [7, 11) is 0. The minimum atomic E-state index is -0.00212. The molecule has 1 fully saturated rings. The molecule has 1 aromatic carbocycles. The number of hydrogen-bond acceptors (Lipinski definition) is 4. The van der Waals surface area contributed by atoms with Crippen LogP contribution in [-0.4, -0.2) is 24.4 Å². The van der Waals surface area contributed by atoms with Crippen molar-refractivity contribution in [3.63, 3.8) is 0 Å². The lowest BCUT2D eigenvalue weighted by molar-refractivity contribution is 0.0935. The Morgan fingerprint density at radius 3 is 2.86 bits per heavy atom. The highest BCUT2D eigenvalue weighted by atomic mass is 16.7. The molecule has 1 aliphatic rings. The van der Waals surface area contributed by atoms with Crippen LogP contribution in [0.1, 0.15) is 5.56 Å². The van der Waals surface area contributed by atoms with Crippen molar-refractivity contribution in [1.29, 1.82) is 0 Å². The lowest BCUT2D eigenvalue weighted by Gasteiger charge is -2.22. The van der Waals surface area contributed by atoms with E-state index in [1.807, 2.05) is 36.2 Å². The number of aliphatic hydroxyl groups is 1. The minimum Gasteiger partial charge on any atom is -0.394 e. The van der Waals surface area contributed by atoms with Crippen LogP contribution < -0.4 is 10.6 Å². The van der Waals surface area contributed by atoms with Gasteiger partial charge in [0.05, 0.1) is 24.9 Å². The quantitative estimate of drug-likeness (QED) is 0.724. The van der Waals surface area contributed by atoms with Crippen molar-refractivity contribution in [2.45, 2.75) is 13.0 Å². The minimum absolute atomic E-state index is 0.00212. The van der Waals surface area contributed by atoms with E-state index in [-0.39, 0.29) is 12.6 Å². The molecule has 1 saturated heterocycles. The van der Waals surface area contributed by atoms with Gasteiger partial charge in [-0.2, -0.15) is 0 Å². The fraction of sp³-hybridized carbons (Fsp3) is 0.400. The molecule has 0 radical (unpaired) electrons. The fourth-order valence-electron chi connectivity index (χ4n) is 1.46. The highest BCUT2D eigenvalue weighted by molar-refractivity contribution is 5.47. The van der Waals surface area contributed by atoms with Gasteiger partial charge in [0, 0.05) is 0 Å². The number of benzene rings is 1. The van der Waals surface area contributed by atoms with Crippen LogP contribution in [0.2, 0.25) is 0 Å². The van der Waals surface area contributed by atoms with Crippen LogP contribution in [0.3, 0.4) is 0 Å². The third-order valence-electron chi connectivity index (χ3n) is 2.33. The molecule has 0 saturated carbocycles. The number of nitrogens with zero attached hydrogens (tertiary/aromatic N) is 1. The first-order valence-corrected chi connectivity index (χ1v) is 4.65. The Morgan fingerprint density at radius 2 is 2.21 bits per heavy atom. The lowest BCUT2D eigenvalue weighted by atomic mass is 10.2. The molecule has 0 aliphatic carbocycles. The predicted octanol–water partition coefficient (Wildman–Crippen LogP) is 0.612. The second-order valence-corrected chi connectivity index (χ2v) is 3.44. The molecule has 1 heterocycles. The number of hydrogen-bond donors (Lipinski definition) is 2. The van der Waals surface area contributed by atoms with Crippen molar-refractivity contribution in [2.75, 3.05) is 18.2 Å². The van der Waals surface area contributed by atoms with E-state index in [1.165, 1.54) is 5.56 Å². The van der Waals surface area contributed by atoms with E-state index >= 15 is 0 Å². The van der Waals surface area contributed by atoms with Gasteiger partial charge in [-0.15, -0.1) is 5.59 Å². The summed E-state index contributed by atoms with van der Waals surface area (Å²) in [5.74, 6) is 0. The van der Waals surface area contributed by atoms with E-state index in [1.54, 1.807) is 0 Å². The van der Waals surface area contributed by atoms with E-state index in [9.17, 15) is 0 Å². The highest BCUT2D eigenvalue weighted by Gasteiger charge is 2.24. The monoisotopic (exact) mass is 194 g/mol. The first kappa shape index (κ1) is 9.45. The summed E-state index contributed by atoms with van der Waals surface area (Å²) in [6, 6.07) is 8.06. The lowest BCUT2D eigenvalue weighted by Crippen LogP contribution is -2.39. The van der Waals surface area contributed by atoms with Gasteiger partial charge in [0.25, 0.3) is 0 Å². The van der Waals surface area contributed by atoms with Crippen molar-refractivity contribution in [3.8, 4) is 0 Å². The second kappa shape index (κ2) is 3.96.